The van der Waals surface area contributed by atoms with Crippen molar-refractivity contribution in [1.82, 2.24) is 5.32 Å². The smallest absolute Gasteiger partial charge is 0.134 e. The molecule has 0 aliphatic rings. The summed E-state index contributed by atoms with van der Waals surface area (Å²) in [6.45, 7) is 13.4. The Morgan fingerprint density at radius 2 is 1.77 bits per heavy atom. The number of hydrogen-bond acceptors (Lipinski definition) is 2. The van der Waals surface area contributed by atoms with Crippen LogP contribution in [0.25, 0.3) is 0 Å². The van der Waals surface area contributed by atoms with Crippen molar-refractivity contribution in [1.29, 1.82) is 0 Å². The van der Waals surface area contributed by atoms with Gasteiger partial charge in [-0.15, -0.1) is 0 Å². The van der Waals surface area contributed by atoms with Gasteiger partial charge >= 0.3 is 0 Å². The van der Waals surface area contributed by atoms with Gasteiger partial charge in [-0.05, 0) is 13.0 Å². The van der Waals surface area contributed by atoms with Crippen molar-refractivity contribution < 1.29 is 4.74 Å². The molecule has 0 saturated heterocycles. The first-order chi connectivity index (χ1) is 6.11. The number of likely N-dealkylation sites (N-methyl/N-ethyl adjacent to an activating group) is 1. The van der Waals surface area contributed by atoms with E-state index in [4.69, 9.17) is 4.74 Å². The molecular formula is C11H21NO. The topological polar surface area (TPSA) is 21.3 Å². The Labute approximate surface area is 82.0 Å². The first-order valence-electron chi connectivity index (χ1n) is 4.40. The zero-order chi connectivity index (χ0) is 10.9. The Balaban J connectivity index is 0. The summed E-state index contributed by atoms with van der Waals surface area (Å²) in [5.74, 6) is 0.621. The maximum absolute atomic E-state index is 4.94. The molecule has 0 heterocycles. The number of nitrogens with one attached hydrogen (secondary N) is 1. The van der Waals surface area contributed by atoms with Gasteiger partial charge in [0.2, 0.25) is 0 Å². The minimum Gasteiger partial charge on any atom is -0.495 e. The number of methoxy groups -OCH3 is 1. The highest BCUT2D eigenvalue weighted by Gasteiger charge is 1.97. The van der Waals surface area contributed by atoms with Crippen molar-refractivity contribution >= 4 is 0 Å². The van der Waals surface area contributed by atoms with Gasteiger partial charge in [0.05, 0.1) is 12.8 Å². The lowest BCUT2D eigenvalue weighted by atomic mass is 10.2. The fourth-order valence-electron chi connectivity index (χ4n) is 0.648. The average Bonchev–Trinajstić information content (AvgIpc) is 2.16. The Kier molecular flexibility index (Phi) is 9.84. The lowest BCUT2D eigenvalue weighted by Crippen LogP contribution is -2.08. The molecule has 0 fully saturated rings. The maximum atomic E-state index is 4.94. The van der Waals surface area contributed by atoms with Crippen molar-refractivity contribution in [2.75, 3.05) is 14.2 Å². The van der Waals surface area contributed by atoms with E-state index in [1.807, 2.05) is 33.9 Å². The molecule has 2 nitrogen and oxygen atoms in total. The lowest BCUT2D eigenvalue weighted by Gasteiger charge is -2.08. The van der Waals surface area contributed by atoms with Crippen LogP contribution in [-0.2, 0) is 4.74 Å². The molecule has 0 bridgehead atoms. The van der Waals surface area contributed by atoms with E-state index < -0.39 is 0 Å². The summed E-state index contributed by atoms with van der Waals surface area (Å²) in [6, 6.07) is 0. The van der Waals surface area contributed by atoms with Gasteiger partial charge in [-0.25, -0.2) is 0 Å². The van der Waals surface area contributed by atoms with E-state index in [9.17, 15) is 0 Å². The van der Waals surface area contributed by atoms with Crippen LogP contribution in [0.3, 0.4) is 0 Å². The van der Waals surface area contributed by atoms with Crippen LogP contribution in [0.4, 0.5) is 0 Å². The van der Waals surface area contributed by atoms with E-state index in [0.29, 0.717) is 5.76 Å². The fourth-order valence-corrected chi connectivity index (χ4v) is 0.648. The first-order valence-corrected chi connectivity index (χ1v) is 4.40. The summed E-state index contributed by atoms with van der Waals surface area (Å²) >= 11 is 0. The second kappa shape index (κ2) is 8.91. The molecule has 0 aliphatic heterocycles. The van der Waals surface area contributed by atoms with Crippen LogP contribution in [0, 0.1) is 0 Å². The second-order valence-corrected chi connectivity index (χ2v) is 2.28. The minimum absolute atomic E-state index is 0.621. The van der Waals surface area contributed by atoms with E-state index >= 15 is 0 Å². The highest BCUT2D eigenvalue weighted by molar-refractivity contribution is 5.28. The van der Waals surface area contributed by atoms with Crippen LogP contribution in [0.2, 0.25) is 0 Å². The SMILES string of the molecule is C=C(C)/C=C(/NC)C(=C)OC.CC. The predicted octanol–water partition coefficient (Wildman–Crippen LogP) is 2.85. The third-order valence-electron chi connectivity index (χ3n) is 1.21. The van der Waals surface area contributed by atoms with Crippen LogP contribution in [0.1, 0.15) is 20.8 Å². The molecule has 0 aliphatic carbocycles. The molecule has 0 radical (unpaired) electrons. The number of allylic oxidation sites excluding steroid dienone is 2. The van der Waals surface area contributed by atoms with Crippen LogP contribution in [0.5, 0.6) is 0 Å². The van der Waals surface area contributed by atoms with Gasteiger partial charge < -0.3 is 10.1 Å². The average molecular weight is 183 g/mol. The predicted molar refractivity (Wildman–Crippen MR) is 59.5 cm³/mol. The van der Waals surface area contributed by atoms with Gasteiger partial charge in [0.15, 0.2) is 0 Å². The zero-order valence-electron chi connectivity index (χ0n) is 9.40. The molecule has 1 N–H and O–H groups in total. The van der Waals surface area contributed by atoms with Crippen molar-refractivity contribution in [2.24, 2.45) is 0 Å². The Morgan fingerprint density at radius 1 is 1.31 bits per heavy atom. The third-order valence-corrected chi connectivity index (χ3v) is 1.21. The number of hydrogen-bond donors (Lipinski definition) is 1. The summed E-state index contributed by atoms with van der Waals surface area (Å²) in [5.41, 5.74) is 1.83. The van der Waals surface area contributed by atoms with Gasteiger partial charge in [0.1, 0.15) is 5.76 Å². The number of ether oxygens (including phenoxy) is 1. The normalized spacial score (nSPS) is 9.46. The van der Waals surface area contributed by atoms with Crippen LogP contribution < -0.4 is 5.32 Å². The summed E-state index contributed by atoms with van der Waals surface area (Å²) in [6.07, 6.45) is 1.88. The summed E-state index contributed by atoms with van der Waals surface area (Å²) < 4.78 is 4.94. The molecule has 0 atom stereocenters. The largest absolute Gasteiger partial charge is 0.495 e. The molecule has 0 spiro atoms. The monoisotopic (exact) mass is 183 g/mol. The minimum atomic E-state index is 0.621. The van der Waals surface area contributed by atoms with Crippen molar-refractivity contribution in [3.8, 4) is 0 Å². The van der Waals surface area contributed by atoms with Gasteiger partial charge in [-0.2, -0.15) is 0 Å². The molecule has 0 saturated carbocycles. The van der Waals surface area contributed by atoms with Crippen molar-refractivity contribution in [2.45, 2.75) is 20.8 Å². The number of rotatable bonds is 4. The van der Waals surface area contributed by atoms with Gasteiger partial charge in [-0.3, -0.25) is 0 Å². The zero-order valence-corrected chi connectivity index (χ0v) is 9.40. The molecule has 0 amide bonds. The first kappa shape index (κ1) is 14.3. The lowest BCUT2D eigenvalue weighted by molar-refractivity contribution is 0.299. The highest BCUT2D eigenvalue weighted by Crippen LogP contribution is 2.06. The summed E-state index contributed by atoms with van der Waals surface area (Å²) in [5, 5.41) is 2.96. The van der Waals surface area contributed by atoms with Gasteiger partial charge in [-0.1, -0.05) is 32.6 Å². The molecule has 0 aromatic carbocycles. The van der Waals surface area contributed by atoms with Gasteiger partial charge in [0, 0.05) is 7.05 Å². The standard InChI is InChI=1S/C9H15NO.C2H6/c1-7(2)6-9(10-4)8(3)11-5;1-2/h6,10H,1,3H2,2,4-5H3;1-2H3/b9-6+;. The summed E-state index contributed by atoms with van der Waals surface area (Å²) in [7, 11) is 3.41. The van der Waals surface area contributed by atoms with E-state index in [1.165, 1.54) is 0 Å². The molecule has 0 aromatic rings. The van der Waals surface area contributed by atoms with E-state index in [0.717, 1.165) is 11.3 Å². The van der Waals surface area contributed by atoms with Crippen LogP contribution in [0.15, 0.2) is 36.3 Å². The summed E-state index contributed by atoms with van der Waals surface area (Å²) in [4.78, 5) is 0. The molecule has 0 aromatic heterocycles. The maximum Gasteiger partial charge on any atom is 0.134 e. The Hall–Kier alpha value is -1.18. The van der Waals surface area contributed by atoms with Crippen LogP contribution in [-0.4, -0.2) is 14.2 Å². The van der Waals surface area contributed by atoms with E-state index in [-0.39, 0.29) is 0 Å². The molecule has 2 heteroatoms. The van der Waals surface area contributed by atoms with Crippen molar-refractivity contribution in [3.05, 3.63) is 36.3 Å². The van der Waals surface area contributed by atoms with E-state index in [1.54, 1.807) is 7.11 Å². The molecular weight excluding hydrogens is 162 g/mol. The third kappa shape index (κ3) is 7.19. The fraction of sp³-hybridized carbons (Fsp3) is 0.455. The van der Waals surface area contributed by atoms with E-state index in [2.05, 4.69) is 18.5 Å². The molecule has 0 rings (SSSR count). The second-order valence-electron chi connectivity index (χ2n) is 2.28. The van der Waals surface area contributed by atoms with Crippen molar-refractivity contribution in [3.63, 3.8) is 0 Å². The quantitative estimate of drug-likeness (QED) is 0.534. The molecule has 76 valence electrons. The Morgan fingerprint density at radius 3 is 2.00 bits per heavy atom. The Bertz CT molecular complexity index is 192. The highest BCUT2D eigenvalue weighted by atomic mass is 16.5. The van der Waals surface area contributed by atoms with Crippen LogP contribution >= 0.6 is 0 Å². The molecule has 13 heavy (non-hydrogen) atoms. The molecule has 0 unspecified atom stereocenters. The van der Waals surface area contributed by atoms with Gasteiger partial charge in [0.25, 0.3) is 0 Å².